The van der Waals surface area contributed by atoms with Gasteiger partial charge in [0.05, 0.1) is 18.1 Å². The number of aliphatic carboxylic acids is 1. The van der Waals surface area contributed by atoms with Gasteiger partial charge in [-0.25, -0.2) is 4.79 Å². The highest BCUT2D eigenvalue weighted by Gasteiger charge is 2.55. The van der Waals surface area contributed by atoms with Crippen molar-refractivity contribution >= 4 is 20.4 Å². The number of fused-ring (bicyclic) bond motifs is 2. The van der Waals surface area contributed by atoms with Gasteiger partial charge in [0.25, 0.3) is 0 Å². The second kappa shape index (κ2) is 6.82. The van der Waals surface area contributed by atoms with E-state index in [9.17, 15) is 14.7 Å². The molecule has 0 aromatic rings. The molecule has 2 aliphatic heterocycles. The standard InChI is InChI=1S/C19H35NO5Si/c1-18(2,3)24-17(23)20-13-9-10-15(14(20)11-12(13)16(21)22)25-26(7,8)19(4,5)6/h12-15H,9-11H2,1-8H3,(H,21,22)/t12-,13+,14+,15-/m0/s1. The fraction of sp³-hybridized carbons (Fsp3) is 0.895. The summed E-state index contributed by atoms with van der Waals surface area (Å²) in [6, 6.07) is -0.523. The van der Waals surface area contributed by atoms with E-state index in [1.165, 1.54) is 0 Å². The molecule has 1 amide bonds. The number of piperidine rings is 1. The number of amides is 1. The molecule has 0 saturated carbocycles. The SMILES string of the molecule is CC(C)(C)OC(=O)N1[C@@H]2C[C@H](C(=O)O)[C@H]1CC[C@@H]2O[Si](C)(C)C(C)(C)C. The lowest BCUT2D eigenvalue weighted by Gasteiger charge is -2.45. The van der Waals surface area contributed by atoms with Crippen LogP contribution in [-0.4, -0.2) is 54.2 Å². The van der Waals surface area contributed by atoms with Crippen molar-refractivity contribution < 1.29 is 23.9 Å². The van der Waals surface area contributed by atoms with Crippen LogP contribution < -0.4 is 0 Å². The van der Waals surface area contributed by atoms with Crippen molar-refractivity contribution in [1.29, 1.82) is 0 Å². The molecule has 2 fully saturated rings. The van der Waals surface area contributed by atoms with Crippen LogP contribution in [0.3, 0.4) is 0 Å². The topological polar surface area (TPSA) is 76.1 Å². The number of nitrogens with zero attached hydrogens (tertiary/aromatic N) is 1. The van der Waals surface area contributed by atoms with E-state index in [2.05, 4.69) is 33.9 Å². The van der Waals surface area contributed by atoms with Crippen LogP contribution in [0, 0.1) is 5.92 Å². The molecule has 2 aliphatic rings. The Morgan fingerprint density at radius 1 is 1.04 bits per heavy atom. The summed E-state index contributed by atoms with van der Waals surface area (Å²) in [5.74, 6) is -1.38. The maximum Gasteiger partial charge on any atom is 0.410 e. The lowest BCUT2D eigenvalue weighted by atomic mass is 9.97. The van der Waals surface area contributed by atoms with Crippen molar-refractivity contribution in [2.24, 2.45) is 5.92 Å². The first-order chi connectivity index (χ1) is 11.6. The molecule has 150 valence electrons. The van der Waals surface area contributed by atoms with Gasteiger partial charge in [-0.2, -0.15) is 0 Å². The third-order valence-corrected chi connectivity index (χ3v) is 10.5. The van der Waals surface area contributed by atoms with Crippen molar-refractivity contribution in [2.45, 2.75) is 103 Å². The largest absolute Gasteiger partial charge is 0.481 e. The average molecular weight is 386 g/mol. The molecule has 0 aliphatic carbocycles. The summed E-state index contributed by atoms with van der Waals surface area (Å²) in [6.07, 6.45) is 1.35. The smallest absolute Gasteiger partial charge is 0.410 e. The maximum absolute atomic E-state index is 12.8. The second-order valence-corrected chi connectivity index (χ2v) is 15.0. The number of hydrogen-bond donors (Lipinski definition) is 1. The molecule has 2 saturated heterocycles. The van der Waals surface area contributed by atoms with E-state index in [1.807, 2.05) is 20.8 Å². The van der Waals surface area contributed by atoms with Gasteiger partial charge in [-0.3, -0.25) is 9.69 Å². The fourth-order valence-electron chi connectivity index (χ4n) is 3.71. The summed E-state index contributed by atoms with van der Waals surface area (Å²) in [7, 11) is -2.02. The highest BCUT2D eigenvalue weighted by molar-refractivity contribution is 6.74. The minimum atomic E-state index is -2.02. The maximum atomic E-state index is 12.8. The quantitative estimate of drug-likeness (QED) is 0.735. The van der Waals surface area contributed by atoms with Crippen LogP contribution in [0.1, 0.15) is 60.8 Å². The molecule has 2 heterocycles. The van der Waals surface area contributed by atoms with Crippen molar-refractivity contribution in [2.75, 3.05) is 0 Å². The number of rotatable bonds is 3. The Labute approximate surface area is 158 Å². The number of carboxylic acid groups (broad SMARTS) is 1. The molecule has 26 heavy (non-hydrogen) atoms. The highest BCUT2D eigenvalue weighted by Crippen LogP contribution is 2.45. The van der Waals surface area contributed by atoms with E-state index in [4.69, 9.17) is 9.16 Å². The van der Waals surface area contributed by atoms with Crippen molar-refractivity contribution in [3.63, 3.8) is 0 Å². The Balaban J connectivity index is 2.27. The minimum Gasteiger partial charge on any atom is -0.481 e. The van der Waals surface area contributed by atoms with Crippen molar-refractivity contribution in [1.82, 2.24) is 4.90 Å². The van der Waals surface area contributed by atoms with E-state index >= 15 is 0 Å². The third-order valence-electron chi connectivity index (χ3n) is 6.02. The van der Waals surface area contributed by atoms with Gasteiger partial charge in [0.15, 0.2) is 8.32 Å². The van der Waals surface area contributed by atoms with Gasteiger partial charge >= 0.3 is 12.1 Å². The van der Waals surface area contributed by atoms with Gasteiger partial charge in [0.2, 0.25) is 0 Å². The Morgan fingerprint density at radius 3 is 2.08 bits per heavy atom. The Hall–Kier alpha value is -1.08. The van der Waals surface area contributed by atoms with Crippen LogP contribution in [0.15, 0.2) is 0 Å². The lowest BCUT2D eigenvalue weighted by Crippen LogP contribution is -2.56. The van der Waals surface area contributed by atoms with E-state index in [1.54, 1.807) is 4.90 Å². The molecule has 0 aromatic carbocycles. The van der Waals surface area contributed by atoms with Crippen LogP contribution in [-0.2, 0) is 14.0 Å². The Kier molecular flexibility index (Phi) is 5.57. The molecule has 0 unspecified atom stereocenters. The molecule has 0 spiro atoms. The Bertz CT molecular complexity index is 563. The van der Waals surface area contributed by atoms with E-state index in [0.717, 1.165) is 6.42 Å². The van der Waals surface area contributed by atoms with Gasteiger partial charge in [0.1, 0.15) is 5.60 Å². The zero-order chi connectivity index (χ0) is 20.1. The first kappa shape index (κ1) is 21.2. The van der Waals surface area contributed by atoms with Gasteiger partial charge in [-0.1, -0.05) is 20.8 Å². The first-order valence-corrected chi connectivity index (χ1v) is 12.5. The van der Waals surface area contributed by atoms with Gasteiger partial charge in [-0.15, -0.1) is 0 Å². The summed E-state index contributed by atoms with van der Waals surface area (Å²) < 4.78 is 12.2. The van der Waals surface area contributed by atoms with Crippen LogP contribution >= 0.6 is 0 Å². The molecule has 2 rings (SSSR count). The molecule has 6 nitrogen and oxygen atoms in total. The third kappa shape index (κ3) is 4.25. The molecule has 2 bridgehead atoms. The van der Waals surface area contributed by atoms with E-state index in [0.29, 0.717) is 12.8 Å². The number of carbonyl (C=O) groups is 2. The predicted molar refractivity (Wildman–Crippen MR) is 103 cm³/mol. The molecule has 1 N–H and O–H groups in total. The summed E-state index contributed by atoms with van der Waals surface area (Å²) >= 11 is 0. The molecule has 4 atom stereocenters. The predicted octanol–water partition coefficient (Wildman–Crippen LogP) is 4.25. The number of hydrogen-bond acceptors (Lipinski definition) is 4. The summed E-state index contributed by atoms with van der Waals surface area (Å²) in [6.45, 7) is 16.4. The summed E-state index contributed by atoms with van der Waals surface area (Å²) in [5.41, 5.74) is -0.609. The monoisotopic (exact) mass is 385 g/mol. The normalized spacial score (nSPS) is 29.6. The zero-order valence-corrected chi connectivity index (χ0v) is 18.5. The second-order valence-electron chi connectivity index (χ2n) is 10.2. The lowest BCUT2D eigenvalue weighted by molar-refractivity contribution is -0.142. The molecular formula is C19H35NO5Si. The summed E-state index contributed by atoms with van der Waals surface area (Å²) in [5, 5.41) is 9.69. The summed E-state index contributed by atoms with van der Waals surface area (Å²) in [4.78, 5) is 26.2. The minimum absolute atomic E-state index is 0.0609. The molecule has 0 radical (unpaired) electrons. The van der Waals surface area contributed by atoms with Crippen LogP contribution in [0.2, 0.25) is 18.1 Å². The molecular weight excluding hydrogens is 350 g/mol. The van der Waals surface area contributed by atoms with Crippen LogP contribution in [0.4, 0.5) is 4.79 Å². The molecule has 0 aromatic heterocycles. The Morgan fingerprint density at radius 2 is 1.62 bits per heavy atom. The zero-order valence-electron chi connectivity index (χ0n) is 17.5. The van der Waals surface area contributed by atoms with Crippen LogP contribution in [0.5, 0.6) is 0 Å². The number of carboxylic acids is 1. The van der Waals surface area contributed by atoms with Crippen molar-refractivity contribution in [3.05, 3.63) is 0 Å². The number of ether oxygens (including phenoxy) is 1. The molecule has 7 heteroatoms. The van der Waals surface area contributed by atoms with Crippen molar-refractivity contribution in [3.8, 4) is 0 Å². The number of carbonyl (C=O) groups excluding carboxylic acids is 1. The van der Waals surface area contributed by atoms with Crippen LogP contribution in [0.25, 0.3) is 0 Å². The van der Waals surface area contributed by atoms with Gasteiger partial charge in [0, 0.05) is 6.04 Å². The van der Waals surface area contributed by atoms with Gasteiger partial charge < -0.3 is 14.3 Å². The van der Waals surface area contributed by atoms with E-state index < -0.39 is 31.9 Å². The first-order valence-electron chi connectivity index (χ1n) is 9.56. The highest BCUT2D eigenvalue weighted by atomic mass is 28.4. The fourth-order valence-corrected chi connectivity index (χ4v) is 5.10. The van der Waals surface area contributed by atoms with E-state index in [-0.39, 0.29) is 23.2 Å². The van der Waals surface area contributed by atoms with Gasteiger partial charge in [-0.05, 0) is 58.2 Å². The average Bonchev–Trinajstić information content (AvgIpc) is 2.71.